The Morgan fingerprint density at radius 1 is 1.33 bits per heavy atom. The highest BCUT2D eigenvalue weighted by atomic mass is 15.1. The molecule has 0 bridgehead atoms. The third kappa shape index (κ3) is 1.44. The molecule has 0 amide bonds. The van der Waals surface area contributed by atoms with Crippen molar-refractivity contribution in [3.63, 3.8) is 0 Å². The Bertz CT molecular complexity index is 413. The molecule has 0 saturated heterocycles. The van der Waals surface area contributed by atoms with Crippen molar-refractivity contribution in [1.82, 2.24) is 5.32 Å². The van der Waals surface area contributed by atoms with E-state index in [0.717, 1.165) is 13.0 Å². The second-order valence-corrected chi connectivity index (χ2v) is 4.84. The van der Waals surface area contributed by atoms with Crippen molar-refractivity contribution >= 4 is 6.34 Å². The predicted octanol–water partition coefficient (Wildman–Crippen LogP) is 1.85. The van der Waals surface area contributed by atoms with Crippen LogP contribution in [0.1, 0.15) is 23.1 Å². The summed E-state index contributed by atoms with van der Waals surface area (Å²) in [5, 5.41) is 3.44. The minimum atomic E-state index is 0.237. The van der Waals surface area contributed by atoms with Gasteiger partial charge in [-0.15, -0.1) is 0 Å². The molecule has 1 aliphatic heterocycles. The zero-order chi connectivity index (χ0) is 10.3. The highest BCUT2D eigenvalue weighted by molar-refractivity contribution is 5.59. The van der Waals surface area contributed by atoms with Crippen LogP contribution in [-0.4, -0.2) is 18.4 Å². The molecule has 1 aliphatic carbocycles. The molecule has 1 N–H and O–H groups in total. The summed E-state index contributed by atoms with van der Waals surface area (Å²) in [5.74, 6) is 0. The standard InChI is InChI=1S/C13H16N2/c1-10-2-3-11-4-5-13(7-12(11)6-10)8-14-9-15-13/h2-3,6,9H,4-5,7-8H2,1H3,(H,14,15)/t13-/m1/s1. The summed E-state index contributed by atoms with van der Waals surface area (Å²) in [7, 11) is 0. The smallest absolute Gasteiger partial charge is 0.0829 e. The first kappa shape index (κ1) is 8.96. The quantitative estimate of drug-likeness (QED) is 0.679. The summed E-state index contributed by atoms with van der Waals surface area (Å²) in [4.78, 5) is 4.32. The number of nitrogens with one attached hydrogen (secondary N) is 1. The molecule has 15 heavy (non-hydrogen) atoms. The van der Waals surface area contributed by atoms with Gasteiger partial charge < -0.3 is 5.32 Å². The Balaban J connectivity index is 1.95. The van der Waals surface area contributed by atoms with E-state index < -0.39 is 0 Å². The van der Waals surface area contributed by atoms with Crippen LogP contribution in [0.3, 0.4) is 0 Å². The van der Waals surface area contributed by atoms with Gasteiger partial charge in [-0.25, -0.2) is 0 Å². The Morgan fingerprint density at radius 3 is 3.07 bits per heavy atom. The SMILES string of the molecule is Cc1ccc2c(c1)C[C@]1(CC2)CN=CN1. The van der Waals surface area contributed by atoms with Gasteiger partial charge in [-0.2, -0.15) is 0 Å². The molecule has 1 aromatic rings. The van der Waals surface area contributed by atoms with Crippen molar-refractivity contribution in [2.45, 2.75) is 31.7 Å². The Labute approximate surface area is 90.4 Å². The summed E-state index contributed by atoms with van der Waals surface area (Å²) in [6, 6.07) is 6.83. The van der Waals surface area contributed by atoms with E-state index in [1.54, 1.807) is 0 Å². The maximum absolute atomic E-state index is 4.32. The lowest BCUT2D eigenvalue weighted by Gasteiger charge is -2.34. The maximum atomic E-state index is 4.32. The molecular weight excluding hydrogens is 184 g/mol. The van der Waals surface area contributed by atoms with Gasteiger partial charge in [-0.3, -0.25) is 4.99 Å². The molecule has 2 nitrogen and oxygen atoms in total. The summed E-state index contributed by atoms with van der Waals surface area (Å²) in [5.41, 5.74) is 4.64. The number of fused-ring (bicyclic) bond motifs is 1. The average molecular weight is 200 g/mol. The van der Waals surface area contributed by atoms with Crippen LogP contribution < -0.4 is 5.32 Å². The molecule has 0 saturated carbocycles. The van der Waals surface area contributed by atoms with E-state index in [-0.39, 0.29) is 5.54 Å². The van der Waals surface area contributed by atoms with Gasteiger partial charge in [0, 0.05) is 0 Å². The van der Waals surface area contributed by atoms with Gasteiger partial charge in [0.15, 0.2) is 0 Å². The van der Waals surface area contributed by atoms with Crippen molar-refractivity contribution in [3.05, 3.63) is 34.9 Å². The van der Waals surface area contributed by atoms with Gasteiger partial charge in [-0.05, 0) is 37.3 Å². The molecule has 1 atom stereocenters. The van der Waals surface area contributed by atoms with E-state index in [4.69, 9.17) is 0 Å². The van der Waals surface area contributed by atoms with Gasteiger partial charge in [0.2, 0.25) is 0 Å². The minimum absolute atomic E-state index is 0.237. The normalized spacial score (nSPS) is 27.8. The van der Waals surface area contributed by atoms with Crippen molar-refractivity contribution in [2.75, 3.05) is 6.54 Å². The third-order valence-electron chi connectivity index (χ3n) is 3.62. The summed E-state index contributed by atoms with van der Waals surface area (Å²) in [6.45, 7) is 3.11. The number of hydrogen-bond donors (Lipinski definition) is 1. The van der Waals surface area contributed by atoms with Crippen molar-refractivity contribution in [2.24, 2.45) is 4.99 Å². The van der Waals surface area contributed by atoms with E-state index in [2.05, 4.69) is 35.4 Å². The van der Waals surface area contributed by atoms with Gasteiger partial charge in [0.1, 0.15) is 0 Å². The van der Waals surface area contributed by atoms with Crippen molar-refractivity contribution in [1.29, 1.82) is 0 Å². The molecule has 3 rings (SSSR count). The molecule has 1 aromatic carbocycles. The van der Waals surface area contributed by atoms with E-state index in [1.807, 2.05) is 6.34 Å². The summed E-state index contributed by atoms with van der Waals surface area (Å²) >= 11 is 0. The highest BCUT2D eigenvalue weighted by Gasteiger charge is 2.35. The first-order chi connectivity index (χ1) is 7.27. The second-order valence-electron chi connectivity index (χ2n) is 4.84. The molecule has 2 heteroatoms. The van der Waals surface area contributed by atoms with Crippen LogP contribution in [0.2, 0.25) is 0 Å². The third-order valence-corrected chi connectivity index (χ3v) is 3.62. The minimum Gasteiger partial charge on any atom is -0.369 e. The fourth-order valence-electron chi connectivity index (χ4n) is 2.70. The molecule has 1 spiro atoms. The summed E-state index contributed by atoms with van der Waals surface area (Å²) < 4.78 is 0. The Hall–Kier alpha value is -1.31. The van der Waals surface area contributed by atoms with E-state index in [0.29, 0.717) is 0 Å². The van der Waals surface area contributed by atoms with E-state index >= 15 is 0 Å². The predicted molar refractivity (Wildman–Crippen MR) is 62.4 cm³/mol. The fourth-order valence-corrected chi connectivity index (χ4v) is 2.70. The lowest BCUT2D eigenvalue weighted by atomic mass is 9.78. The van der Waals surface area contributed by atoms with Crippen LogP contribution in [0.25, 0.3) is 0 Å². The Kier molecular flexibility index (Phi) is 1.84. The number of rotatable bonds is 0. The first-order valence-electron chi connectivity index (χ1n) is 5.62. The monoisotopic (exact) mass is 200 g/mol. The zero-order valence-electron chi connectivity index (χ0n) is 9.09. The number of hydrogen-bond acceptors (Lipinski definition) is 2. The van der Waals surface area contributed by atoms with Gasteiger partial charge in [0.25, 0.3) is 0 Å². The van der Waals surface area contributed by atoms with Crippen molar-refractivity contribution < 1.29 is 0 Å². The lowest BCUT2D eigenvalue weighted by Crippen LogP contribution is -2.47. The second kappa shape index (κ2) is 3.09. The molecule has 0 radical (unpaired) electrons. The van der Waals surface area contributed by atoms with Crippen LogP contribution in [0, 0.1) is 6.92 Å². The van der Waals surface area contributed by atoms with E-state index in [1.165, 1.54) is 29.5 Å². The molecular formula is C13H16N2. The topological polar surface area (TPSA) is 24.4 Å². The number of nitrogens with zero attached hydrogens (tertiary/aromatic N) is 1. The van der Waals surface area contributed by atoms with Crippen LogP contribution in [0.5, 0.6) is 0 Å². The average Bonchev–Trinajstić information content (AvgIpc) is 2.66. The molecule has 0 unspecified atom stereocenters. The lowest BCUT2D eigenvalue weighted by molar-refractivity contribution is 0.363. The van der Waals surface area contributed by atoms with Gasteiger partial charge >= 0.3 is 0 Å². The fraction of sp³-hybridized carbons (Fsp3) is 0.462. The Morgan fingerprint density at radius 2 is 2.27 bits per heavy atom. The molecule has 1 heterocycles. The molecule has 0 fully saturated rings. The first-order valence-corrected chi connectivity index (χ1v) is 5.62. The van der Waals surface area contributed by atoms with Crippen LogP contribution in [0.4, 0.5) is 0 Å². The summed E-state index contributed by atoms with van der Waals surface area (Å²) in [6.07, 6.45) is 5.40. The van der Waals surface area contributed by atoms with Gasteiger partial charge in [0.05, 0.1) is 18.4 Å². The van der Waals surface area contributed by atoms with E-state index in [9.17, 15) is 0 Å². The number of aryl methyl sites for hydroxylation is 2. The molecule has 78 valence electrons. The van der Waals surface area contributed by atoms with Crippen LogP contribution in [-0.2, 0) is 12.8 Å². The molecule has 2 aliphatic rings. The van der Waals surface area contributed by atoms with Crippen LogP contribution >= 0.6 is 0 Å². The highest BCUT2D eigenvalue weighted by Crippen LogP contribution is 2.30. The van der Waals surface area contributed by atoms with Crippen molar-refractivity contribution in [3.8, 4) is 0 Å². The zero-order valence-corrected chi connectivity index (χ0v) is 9.09. The maximum Gasteiger partial charge on any atom is 0.0829 e. The van der Waals surface area contributed by atoms with Crippen LogP contribution in [0.15, 0.2) is 23.2 Å². The van der Waals surface area contributed by atoms with Gasteiger partial charge in [-0.1, -0.05) is 23.8 Å². The molecule has 0 aromatic heterocycles. The number of aliphatic imine (C=N–C) groups is 1. The largest absolute Gasteiger partial charge is 0.369 e. The number of benzene rings is 1.